The van der Waals surface area contributed by atoms with Crippen LogP contribution in [0.5, 0.6) is 0 Å². The van der Waals surface area contributed by atoms with Gasteiger partial charge >= 0.3 is 5.97 Å². The van der Waals surface area contributed by atoms with Crippen molar-refractivity contribution in [3.05, 3.63) is 11.6 Å². The van der Waals surface area contributed by atoms with Gasteiger partial charge in [-0.15, -0.1) is 0 Å². The van der Waals surface area contributed by atoms with Crippen LogP contribution in [-0.4, -0.2) is 44.7 Å². The Morgan fingerprint density at radius 3 is 2.68 bits per heavy atom. The highest BCUT2D eigenvalue weighted by Crippen LogP contribution is 2.64. The second-order valence-electron chi connectivity index (χ2n) is 10.3. The number of rotatable bonds is 4. The summed E-state index contributed by atoms with van der Waals surface area (Å²) in [5.74, 6) is 0.943. The lowest BCUT2D eigenvalue weighted by molar-refractivity contribution is -0.145. The lowest BCUT2D eigenvalue weighted by Gasteiger charge is -2.57. The Bertz CT molecular complexity index is 645. The Balaban J connectivity index is 1.60. The molecule has 10 atom stereocenters. The average molecular weight is 393 g/mol. The molecule has 0 heterocycles. The van der Waals surface area contributed by atoms with Gasteiger partial charge in [-0.05, 0) is 85.9 Å². The minimum atomic E-state index is -0.754. The smallest absolute Gasteiger partial charge is 0.303 e. The van der Waals surface area contributed by atoms with Gasteiger partial charge in [0, 0.05) is 6.42 Å². The van der Waals surface area contributed by atoms with Crippen molar-refractivity contribution in [3.8, 4) is 0 Å². The molecule has 10 unspecified atom stereocenters. The van der Waals surface area contributed by atoms with Crippen LogP contribution < -0.4 is 0 Å². The summed E-state index contributed by atoms with van der Waals surface area (Å²) >= 11 is 0. The third kappa shape index (κ3) is 3.14. The molecule has 5 nitrogen and oxygen atoms in total. The maximum Gasteiger partial charge on any atom is 0.303 e. The first kappa shape index (κ1) is 20.4. The van der Waals surface area contributed by atoms with Crippen molar-refractivity contribution in [3.63, 3.8) is 0 Å². The number of carbonyl (C=O) groups is 1. The molecule has 28 heavy (non-hydrogen) atoms. The number of carboxylic acids is 1. The fourth-order valence-corrected chi connectivity index (χ4v) is 7.79. The second kappa shape index (κ2) is 7.41. The third-order valence-electron chi connectivity index (χ3n) is 9.11. The van der Waals surface area contributed by atoms with E-state index in [2.05, 4.69) is 13.8 Å². The zero-order valence-corrected chi connectivity index (χ0v) is 17.1. The van der Waals surface area contributed by atoms with Crippen LogP contribution in [-0.2, 0) is 4.79 Å². The Morgan fingerprint density at radius 2 is 1.96 bits per heavy atom. The summed E-state index contributed by atoms with van der Waals surface area (Å²) in [6.45, 7) is 4.34. The van der Waals surface area contributed by atoms with Gasteiger partial charge in [0.1, 0.15) is 0 Å². The van der Waals surface area contributed by atoms with E-state index in [0.29, 0.717) is 30.6 Å². The Morgan fingerprint density at radius 1 is 1.21 bits per heavy atom. The van der Waals surface area contributed by atoms with Crippen molar-refractivity contribution >= 4 is 5.97 Å². The van der Waals surface area contributed by atoms with Gasteiger partial charge in [-0.3, -0.25) is 4.79 Å². The fraction of sp³-hybridized carbons (Fsp3) is 0.870. The van der Waals surface area contributed by atoms with Crippen LogP contribution in [0.1, 0.15) is 65.2 Å². The van der Waals surface area contributed by atoms with Gasteiger partial charge in [0.2, 0.25) is 0 Å². The van der Waals surface area contributed by atoms with Crippen LogP contribution in [0.25, 0.3) is 0 Å². The summed E-state index contributed by atoms with van der Waals surface area (Å²) < 4.78 is 0. The quantitative estimate of drug-likeness (QED) is 0.552. The standard InChI is InChI=1S/C23H36O5/c1-12(3-8-21(27)28)17-6-7-18-22-16(11-20(26)23(17,18)2)15-5-4-14(24)9-13(15)10-19(22)25/h10,12,14-20,22,24-26H,3-9,11H2,1-2H3,(H,27,28). The number of aliphatic hydroxyl groups excluding tert-OH is 3. The van der Waals surface area contributed by atoms with Crippen molar-refractivity contribution < 1.29 is 25.2 Å². The minimum absolute atomic E-state index is 0.175. The van der Waals surface area contributed by atoms with E-state index in [0.717, 1.165) is 32.1 Å². The van der Waals surface area contributed by atoms with Crippen LogP contribution in [0.2, 0.25) is 0 Å². The highest BCUT2D eigenvalue weighted by molar-refractivity contribution is 5.66. The van der Waals surface area contributed by atoms with Crippen molar-refractivity contribution in [1.82, 2.24) is 0 Å². The van der Waals surface area contributed by atoms with Crippen LogP contribution in [0.4, 0.5) is 0 Å². The number of fused-ring (bicyclic) bond motifs is 5. The van der Waals surface area contributed by atoms with Gasteiger partial charge in [-0.1, -0.05) is 25.5 Å². The van der Waals surface area contributed by atoms with Crippen LogP contribution in [0.3, 0.4) is 0 Å². The van der Waals surface area contributed by atoms with E-state index >= 15 is 0 Å². The summed E-state index contributed by atoms with van der Waals surface area (Å²) in [6, 6.07) is 0. The van der Waals surface area contributed by atoms with Gasteiger partial charge in [-0.25, -0.2) is 0 Å². The molecule has 4 N–H and O–H groups in total. The Hall–Kier alpha value is -0.910. The summed E-state index contributed by atoms with van der Waals surface area (Å²) in [4.78, 5) is 11.0. The average Bonchev–Trinajstić information content (AvgIpc) is 2.98. The lowest BCUT2D eigenvalue weighted by atomic mass is 9.49. The molecule has 0 aromatic rings. The molecule has 0 spiro atoms. The van der Waals surface area contributed by atoms with Crippen LogP contribution in [0, 0.1) is 40.9 Å². The zero-order chi connectivity index (χ0) is 20.2. The van der Waals surface area contributed by atoms with Crippen LogP contribution in [0.15, 0.2) is 11.6 Å². The summed E-state index contributed by atoms with van der Waals surface area (Å²) in [5.41, 5.74) is 0.951. The van der Waals surface area contributed by atoms with Crippen LogP contribution >= 0.6 is 0 Å². The van der Waals surface area contributed by atoms with Gasteiger partial charge < -0.3 is 20.4 Å². The number of hydrogen-bond donors (Lipinski definition) is 4. The summed E-state index contributed by atoms with van der Waals surface area (Å²) in [7, 11) is 0. The first-order valence-corrected chi connectivity index (χ1v) is 11.2. The molecule has 4 aliphatic rings. The van der Waals surface area contributed by atoms with Crippen molar-refractivity contribution in [1.29, 1.82) is 0 Å². The number of aliphatic hydroxyl groups is 3. The molecule has 0 bridgehead atoms. The molecule has 5 heteroatoms. The molecule has 0 radical (unpaired) electrons. The number of carboxylic acid groups (broad SMARTS) is 1. The lowest BCUT2D eigenvalue weighted by Crippen LogP contribution is -2.57. The van der Waals surface area contributed by atoms with E-state index in [1.54, 1.807) is 0 Å². The van der Waals surface area contributed by atoms with Gasteiger partial charge in [-0.2, -0.15) is 0 Å². The molecule has 0 amide bonds. The highest BCUT2D eigenvalue weighted by Gasteiger charge is 2.62. The molecule has 0 aromatic heterocycles. The third-order valence-corrected chi connectivity index (χ3v) is 9.11. The molecule has 0 saturated heterocycles. The Labute approximate surface area is 167 Å². The number of aliphatic carboxylic acids is 1. The molecular weight excluding hydrogens is 356 g/mol. The molecule has 0 aliphatic heterocycles. The molecule has 3 fully saturated rings. The molecule has 4 rings (SSSR count). The maximum atomic E-state index is 11.3. The fourth-order valence-electron chi connectivity index (χ4n) is 7.79. The molecule has 4 aliphatic carbocycles. The van der Waals surface area contributed by atoms with E-state index in [1.165, 1.54) is 5.57 Å². The second-order valence-corrected chi connectivity index (χ2v) is 10.3. The predicted octanol–water partition coefficient (Wildman–Crippen LogP) is 2.98. The van der Waals surface area contributed by atoms with Gasteiger partial charge in [0.15, 0.2) is 0 Å². The largest absolute Gasteiger partial charge is 0.481 e. The van der Waals surface area contributed by atoms with Gasteiger partial charge in [0.05, 0.1) is 18.3 Å². The molecule has 158 valence electrons. The van der Waals surface area contributed by atoms with E-state index in [4.69, 9.17) is 5.11 Å². The van der Waals surface area contributed by atoms with E-state index in [1.807, 2.05) is 6.08 Å². The topological polar surface area (TPSA) is 98.0 Å². The van der Waals surface area contributed by atoms with E-state index in [-0.39, 0.29) is 35.7 Å². The first-order chi connectivity index (χ1) is 13.2. The summed E-state index contributed by atoms with van der Waals surface area (Å²) in [6.07, 6.45) is 6.82. The first-order valence-electron chi connectivity index (χ1n) is 11.2. The number of hydrogen-bond acceptors (Lipinski definition) is 4. The molecule has 3 saturated carbocycles. The SMILES string of the molecule is CC(CCC(=O)O)C1CCC2C3C(O)C=C4CC(O)CCC4C3CC(O)C12C. The van der Waals surface area contributed by atoms with Crippen molar-refractivity contribution in [2.75, 3.05) is 0 Å². The minimum Gasteiger partial charge on any atom is -0.481 e. The summed E-state index contributed by atoms with van der Waals surface area (Å²) in [5, 5.41) is 41.5. The molecule has 0 aromatic carbocycles. The van der Waals surface area contributed by atoms with Crippen molar-refractivity contribution in [2.24, 2.45) is 40.9 Å². The molecular formula is C23H36O5. The highest BCUT2D eigenvalue weighted by atomic mass is 16.4. The van der Waals surface area contributed by atoms with Gasteiger partial charge in [0.25, 0.3) is 0 Å². The maximum absolute atomic E-state index is 11.3. The normalized spacial score (nSPS) is 48.8. The zero-order valence-electron chi connectivity index (χ0n) is 17.1. The van der Waals surface area contributed by atoms with E-state index < -0.39 is 18.2 Å². The monoisotopic (exact) mass is 392 g/mol. The van der Waals surface area contributed by atoms with Crippen molar-refractivity contribution in [2.45, 2.75) is 83.5 Å². The predicted molar refractivity (Wildman–Crippen MR) is 105 cm³/mol. The van der Waals surface area contributed by atoms with E-state index in [9.17, 15) is 20.1 Å². The Kier molecular flexibility index (Phi) is 5.39.